The molecule has 2 aromatic heterocycles. The Labute approximate surface area is 176 Å². The van der Waals surface area contributed by atoms with Crippen molar-refractivity contribution in [3.8, 4) is 0 Å². The van der Waals surface area contributed by atoms with Gasteiger partial charge < -0.3 is 9.88 Å². The molecule has 156 valence electrons. The molecule has 1 saturated heterocycles. The SMILES string of the molecule is CCC(C)C(=O)N1CCC(c2nc3c(c(=O)[nH]2)CN(Cc2cccs2)CC3)CC1. The summed E-state index contributed by atoms with van der Waals surface area (Å²) in [5.74, 6) is 1.39. The molecule has 0 radical (unpaired) electrons. The monoisotopic (exact) mass is 414 g/mol. The fourth-order valence-electron chi connectivity index (χ4n) is 4.31. The Hall–Kier alpha value is -1.99. The first-order chi connectivity index (χ1) is 14.0. The molecule has 6 nitrogen and oxygen atoms in total. The summed E-state index contributed by atoms with van der Waals surface area (Å²) in [5.41, 5.74) is 1.80. The molecular weight excluding hydrogens is 384 g/mol. The molecule has 1 amide bonds. The number of aromatic nitrogens is 2. The zero-order chi connectivity index (χ0) is 20.4. The van der Waals surface area contributed by atoms with Gasteiger partial charge >= 0.3 is 0 Å². The van der Waals surface area contributed by atoms with E-state index in [4.69, 9.17) is 4.98 Å². The van der Waals surface area contributed by atoms with Crippen LogP contribution in [0.4, 0.5) is 0 Å². The van der Waals surface area contributed by atoms with Crippen LogP contribution in [0.3, 0.4) is 0 Å². The number of likely N-dealkylation sites (tertiary alicyclic amines) is 1. The van der Waals surface area contributed by atoms with Gasteiger partial charge in [0.25, 0.3) is 5.56 Å². The standard InChI is InChI=1S/C22H30N4O2S/c1-3-15(2)22(28)26-10-6-16(7-11-26)20-23-19-8-9-25(13-17-5-4-12-29-17)14-18(19)21(27)24-20/h4-5,12,15-16H,3,6-11,13-14H2,1-2H3,(H,23,24,27). The van der Waals surface area contributed by atoms with Crippen LogP contribution in [0.15, 0.2) is 22.3 Å². The van der Waals surface area contributed by atoms with Gasteiger partial charge in [-0.15, -0.1) is 11.3 Å². The van der Waals surface area contributed by atoms with Gasteiger partial charge in [-0.05, 0) is 30.7 Å². The van der Waals surface area contributed by atoms with Gasteiger partial charge in [0.15, 0.2) is 0 Å². The number of nitrogens with zero attached hydrogens (tertiary/aromatic N) is 3. The van der Waals surface area contributed by atoms with E-state index in [0.29, 0.717) is 6.54 Å². The summed E-state index contributed by atoms with van der Waals surface area (Å²) >= 11 is 1.76. The van der Waals surface area contributed by atoms with Crippen molar-refractivity contribution in [2.45, 2.75) is 58.5 Å². The van der Waals surface area contributed by atoms with Crippen molar-refractivity contribution in [1.29, 1.82) is 0 Å². The number of carbonyl (C=O) groups excluding carboxylic acids is 1. The van der Waals surface area contributed by atoms with Crippen molar-refractivity contribution in [2.24, 2.45) is 5.92 Å². The highest BCUT2D eigenvalue weighted by atomic mass is 32.1. The van der Waals surface area contributed by atoms with Crippen molar-refractivity contribution < 1.29 is 4.79 Å². The number of hydrogen-bond acceptors (Lipinski definition) is 5. The van der Waals surface area contributed by atoms with Crippen molar-refractivity contribution in [1.82, 2.24) is 19.8 Å². The zero-order valence-corrected chi connectivity index (χ0v) is 18.1. The lowest BCUT2D eigenvalue weighted by molar-refractivity contribution is -0.136. The summed E-state index contributed by atoms with van der Waals surface area (Å²) < 4.78 is 0. The third kappa shape index (κ3) is 4.46. The Morgan fingerprint density at radius 3 is 2.83 bits per heavy atom. The summed E-state index contributed by atoms with van der Waals surface area (Å²) in [6.07, 6.45) is 3.44. The van der Waals surface area contributed by atoms with Crippen molar-refractivity contribution in [2.75, 3.05) is 19.6 Å². The summed E-state index contributed by atoms with van der Waals surface area (Å²) in [4.78, 5) is 38.8. The third-order valence-corrected chi connectivity index (χ3v) is 7.21. The van der Waals surface area contributed by atoms with E-state index in [1.165, 1.54) is 4.88 Å². The van der Waals surface area contributed by atoms with Gasteiger partial charge in [0, 0.05) is 55.9 Å². The minimum Gasteiger partial charge on any atom is -0.342 e. The van der Waals surface area contributed by atoms with Gasteiger partial charge in [-0.1, -0.05) is 19.9 Å². The normalized spacial score (nSPS) is 19.2. The second-order valence-electron chi connectivity index (χ2n) is 8.33. The van der Waals surface area contributed by atoms with E-state index in [2.05, 4.69) is 34.3 Å². The number of aromatic amines is 1. The van der Waals surface area contributed by atoms with E-state index in [1.54, 1.807) is 11.3 Å². The molecule has 2 aliphatic rings. The molecule has 7 heteroatoms. The lowest BCUT2D eigenvalue weighted by Crippen LogP contribution is -2.41. The maximum absolute atomic E-state index is 12.8. The fraction of sp³-hybridized carbons (Fsp3) is 0.591. The minimum absolute atomic E-state index is 0.0130. The lowest BCUT2D eigenvalue weighted by Gasteiger charge is -2.33. The number of hydrogen-bond donors (Lipinski definition) is 1. The molecule has 1 fully saturated rings. The number of amides is 1. The molecular formula is C22H30N4O2S. The van der Waals surface area contributed by atoms with Crippen LogP contribution in [0, 0.1) is 5.92 Å². The number of carbonyl (C=O) groups is 1. The average Bonchev–Trinajstić information content (AvgIpc) is 3.26. The van der Waals surface area contributed by atoms with Gasteiger partial charge in [0.1, 0.15) is 5.82 Å². The van der Waals surface area contributed by atoms with E-state index in [0.717, 1.165) is 68.9 Å². The summed E-state index contributed by atoms with van der Waals surface area (Å²) in [6, 6.07) is 4.21. The molecule has 1 unspecified atom stereocenters. The summed E-state index contributed by atoms with van der Waals surface area (Å²) in [6.45, 7) is 8.05. The topological polar surface area (TPSA) is 69.3 Å². The van der Waals surface area contributed by atoms with Crippen LogP contribution in [0.25, 0.3) is 0 Å². The van der Waals surface area contributed by atoms with Crippen molar-refractivity contribution in [3.05, 3.63) is 49.8 Å². The van der Waals surface area contributed by atoms with Crippen LogP contribution < -0.4 is 5.56 Å². The van der Waals surface area contributed by atoms with Crippen LogP contribution >= 0.6 is 11.3 Å². The quantitative estimate of drug-likeness (QED) is 0.816. The molecule has 0 spiro atoms. The third-order valence-electron chi connectivity index (χ3n) is 6.35. The Morgan fingerprint density at radius 1 is 1.34 bits per heavy atom. The first-order valence-corrected chi connectivity index (χ1v) is 11.6. The molecule has 4 heterocycles. The number of nitrogens with one attached hydrogen (secondary N) is 1. The molecule has 1 atom stereocenters. The number of fused-ring (bicyclic) bond motifs is 1. The first kappa shape index (κ1) is 20.3. The Morgan fingerprint density at radius 2 is 2.14 bits per heavy atom. The molecule has 2 aromatic rings. The zero-order valence-electron chi connectivity index (χ0n) is 17.3. The molecule has 1 N–H and O–H groups in total. The predicted octanol–water partition coefficient (Wildman–Crippen LogP) is 3.14. The highest BCUT2D eigenvalue weighted by molar-refractivity contribution is 7.09. The van der Waals surface area contributed by atoms with Crippen LogP contribution in [0.5, 0.6) is 0 Å². The van der Waals surface area contributed by atoms with Crippen LogP contribution in [-0.2, 0) is 24.3 Å². The highest BCUT2D eigenvalue weighted by Crippen LogP contribution is 2.27. The lowest BCUT2D eigenvalue weighted by atomic mass is 9.94. The fourth-order valence-corrected chi connectivity index (χ4v) is 5.06. The van der Waals surface area contributed by atoms with Gasteiger partial charge in [0.05, 0.1) is 11.3 Å². The summed E-state index contributed by atoms with van der Waals surface area (Å²) in [5, 5.41) is 2.09. The van der Waals surface area contributed by atoms with Crippen LogP contribution in [0.1, 0.15) is 61.0 Å². The molecule has 0 saturated carbocycles. The second kappa shape index (κ2) is 8.79. The van der Waals surface area contributed by atoms with E-state index < -0.39 is 0 Å². The number of rotatable bonds is 5. The molecule has 2 aliphatic heterocycles. The maximum atomic E-state index is 12.8. The van der Waals surface area contributed by atoms with Gasteiger partial charge in [-0.3, -0.25) is 14.5 Å². The predicted molar refractivity (Wildman–Crippen MR) is 115 cm³/mol. The largest absolute Gasteiger partial charge is 0.342 e. The van der Waals surface area contributed by atoms with Crippen molar-refractivity contribution >= 4 is 17.2 Å². The van der Waals surface area contributed by atoms with Crippen molar-refractivity contribution in [3.63, 3.8) is 0 Å². The summed E-state index contributed by atoms with van der Waals surface area (Å²) in [7, 11) is 0. The van der Waals surface area contributed by atoms with E-state index in [-0.39, 0.29) is 23.3 Å². The van der Waals surface area contributed by atoms with Crippen LogP contribution in [0.2, 0.25) is 0 Å². The maximum Gasteiger partial charge on any atom is 0.255 e. The number of H-pyrrole nitrogens is 1. The second-order valence-corrected chi connectivity index (χ2v) is 9.36. The Bertz CT molecular complexity index is 900. The molecule has 29 heavy (non-hydrogen) atoms. The first-order valence-electron chi connectivity index (χ1n) is 10.7. The Balaban J connectivity index is 1.42. The van der Waals surface area contributed by atoms with Gasteiger partial charge in [0.2, 0.25) is 5.91 Å². The number of piperidine rings is 1. The minimum atomic E-state index is 0.0130. The van der Waals surface area contributed by atoms with Gasteiger partial charge in [-0.2, -0.15) is 0 Å². The molecule has 4 rings (SSSR count). The van der Waals surface area contributed by atoms with Crippen LogP contribution in [-0.4, -0.2) is 45.3 Å². The number of thiophene rings is 1. The highest BCUT2D eigenvalue weighted by Gasteiger charge is 2.29. The van der Waals surface area contributed by atoms with E-state index in [1.807, 2.05) is 11.8 Å². The Kier molecular flexibility index (Phi) is 6.15. The van der Waals surface area contributed by atoms with Gasteiger partial charge in [-0.25, -0.2) is 4.98 Å². The molecule has 0 bridgehead atoms. The molecule has 0 aromatic carbocycles. The smallest absolute Gasteiger partial charge is 0.255 e. The average molecular weight is 415 g/mol. The van der Waals surface area contributed by atoms with E-state index >= 15 is 0 Å². The molecule has 0 aliphatic carbocycles. The van der Waals surface area contributed by atoms with E-state index in [9.17, 15) is 9.59 Å².